The number of benzene rings is 2. The number of carbonyl (C=O) groups excluding carboxylic acids is 1. The molecule has 0 spiro atoms. The van der Waals surface area contributed by atoms with Crippen LogP contribution in [0.2, 0.25) is 0 Å². The predicted octanol–water partition coefficient (Wildman–Crippen LogP) is 4.40. The van der Waals surface area contributed by atoms with Crippen LogP contribution in [-0.4, -0.2) is 38.1 Å². The minimum Gasteiger partial charge on any atom is -0.492 e. The van der Waals surface area contributed by atoms with E-state index in [4.69, 9.17) is 4.74 Å². The quantitative estimate of drug-likeness (QED) is 0.713. The van der Waals surface area contributed by atoms with Crippen molar-refractivity contribution in [2.45, 2.75) is 6.92 Å². The average Bonchev–Trinajstić information content (AvgIpc) is 2.98. The Kier molecular flexibility index (Phi) is 5.36. The number of thiophene rings is 1. The monoisotopic (exact) mass is 354 g/mol. The number of amides is 1. The standard InChI is InChI=1S/C20H22N2O2S/c1-14-7-8-17-18(13-25-19(17)11-14)20(23)21-15-5-4-6-16(12-15)24-10-9-22(2)3/h4-8,11-13H,9-10H2,1-3H3,(H,21,23). The number of fused-ring (bicyclic) bond motifs is 1. The Morgan fingerprint density at radius 2 is 2.04 bits per heavy atom. The summed E-state index contributed by atoms with van der Waals surface area (Å²) in [6, 6.07) is 13.7. The molecule has 0 radical (unpaired) electrons. The molecule has 1 aromatic heterocycles. The normalized spacial score (nSPS) is 11.0. The number of hydrogen-bond donors (Lipinski definition) is 1. The molecule has 130 valence electrons. The van der Waals surface area contributed by atoms with Crippen LogP contribution in [0.1, 0.15) is 15.9 Å². The second kappa shape index (κ2) is 7.68. The van der Waals surface area contributed by atoms with E-state index in [0.29, 0.717) is 12.2 Å². The summed E-state index contributed by atoms with van der Waals surface area (Å²) >= 11 is 1.59. The molecule has 4 nitrogen and oxygen atoms in total. The van der Waals surface area contributed by atoms with Gasteiger partial charge in [0.2, 0.25) is 0 Å². The minimum atomic E-state index is -0.0967. The van der Waals surface area contributed by atoms with E-state index in [9.17, 15) is 4.79 Å². The maximum Gasteiger partial charge on any atom is 0.257 e. The lowest BCUT2D eigenvalue weighted by atomic mass is 10.1. The van der Waals surface area contributed by atoms with Gasteiger partial charge in [-0.15, -0.1) is 11.3 Å². The van der Waals surface area contributed by atoms with Crippen LogP contribution < -0.4 is 10.1 Å². The zero-order chi connectivity index (χ0) is 17.8. The van der Waals surface area contributed by atoms with Crippen LogP contribution in [0.3, 0.4) is 0 Å². The molecule has 0 aliphatic carbocycles. The van der Waals surface area contributed by atoms with Gasteiger partial charge in [0.05, 0.1) is 5.56 Å². The summed E-state index contributed by atoms with van der Waals surface area (Å²) in [5, 5.41) is 5.87. The van der Waals surface area contributed by atoms with Gasteiger partial charge in [-0.05, 0) is 44.8 Å². The van der Waals surface area contributed by atoms with Crippen LogP contribution in [0, 0.1) is 6.92 Å². The van der Waals surface area contributed by atoms with Gasteiger partial charge < -0.3 is 15.0 Å². The van der Waals surface area contributed by atoms with Crippen LogP contribution in [0.15, 0.2) is 47.8 Å². The number of nitrogens with zero attached hydrogens (tertiary/aromatic N) is 1. The lowest BCUT2D eigenvalue weighted by Gasteiger charge is -2.12. The van der Waals surface area contributed by atoms with E-state index in [1.54, 1.807) is 11.3 Å². The van der Waals surface area contributed by atoms with Gasteiger partial charge in [-0.1, -0.05) is 18.2 Å². The van der Waals surface area contributed by atoms with Crippen LogP contribution in [-0.2, 0) is 0 Å². The lowest BCUT2D eigenvalue weighted by Crippen LogP contribution is -2.19. The molecule has 0 bridgehead atoms. The average molecular weight is 354 g/mol. The summed E-state index contributed by atoms with van der Waals surface area (Å²) in [6.07, 6.45) is 0. The van der Waals surface area contributed by atoms with Gasteiger partial charge in [0.1, 0.15) is 12.4 Å². The Bertz CT molecular complexity index is 886. The van der Waals surface area contributed by atoms with Crippen molar-refractivity contribution in [1.82, 2.24) is 4.90 Å². The summed E-state index contributed by atoms with van der Waals surface area (Å²) in [4.78, 5) is 14.7. The van der Waals surface area contributed by atoms with E-state index in [1.165, 1.54) is 5.56 Å². The largest absolute Gasteiger partial charge is 0.492 e. The number of anilines is 1. The van der Waals surface area contributed by atoms with E-state index >= 15 is 0 Å². The number of nitrogens with one attached hydrogen (secondary N) is 1. The first-order valence-electron chi connectivity index (χ1n) is 8.20. The molecule has 0 atom stereocenters. The van der Waals surface area contributed by atoms with Gasteiger partial charge in [0, 0.05) is 33.8 Å². The minimum absolute atomic E-state index is 0.0967. The maximum atomic E-state index is 12.6. The highest BCUT2D eigenvalue weighted by molar-refractivity contribution is 7.17. The number of aryl methyl sites for hydroxylation is 1. The summed E-state index contributed by atoms with van der Waals surface area (Å²) in [7, 11) is 4.01. The van der Waals surface area contributed by atoms with Gasteiger partial charge in [0.15, 0.2) is 0 Å². The molecule has 3 rings (SSSR count). The zero-order valence-electron chi connectivity index (χ0n) is 14.7. The second-order valence-electron chi connectivity index (χ2n) is 6.28. The molecule has 0 saturated carbocycles. The number of likely N-dealkylation sites (N-methyl/N-ethyl adjacent to an activating group) is 1. The molecule has 2 aromatic carbocycles. The molecule has 0 aliphatic rings. The first-order valence-corrected chi connectivity index (χ1v) is 9.08. The Labute approximate surface area is 152 Å². The zero-order valence-corrected chi connectivity index (χ0v) is 15.5. The van der Waals surface area contributed by atoms with Crippen molar-refractivity contribution in [2.75, 3.05) is 32.6 Å². The molecule has 0 unspecified atom stereocenters. The third kappa shape index (κ3) is 4.38. The SMILES string of the molecule is Cc1ccc2c(C(=O)Nc3cccc(OCCN(C)C)c3)csc2c1. The Hall–Kier alpha value is -2.37. The van der Waals surface area contributed by atoms with E-state index in [2.05, 4.69) is 23.2 Å². The van der Waals surface area contributed by atoms with Crippen LogP contribution in [0.25, 0.3) is 10.1 Å². The highest BCUT2D eigenvalue weighted by Crippen LogP contribution is 2.28. The van der Waals surface area contributed by atoms with Gasteiger partial charge in [0.25, 0.3) is 5.91 Å². The van der Waals surface area contributed by atoms with Crippen molar-refractivity contribution >= 4 is 33.0 Å². The highest BCUT2D eigenvalue weighted by atomic mass is 32.1. The molecular weight excluding hydrogens is 332 g/mol. The molecule has 0 aliphatic heterocycles. The van der Waals surface area contributed by atoms with Crippen LogP contribution >= 0.6 is 11.3 Å². The van der Waals surface area contributed by atoms with Crippen LogP contribution in [0.4, 0.5) is 5.69 Å². The third-order valence-corrected chi connectivity index (χ3v) is 4.82. The maximum absolute atomic E-state index is 12.6. The number of carbonyl (C=O) groups is 1. The molecule has 1 heterocycles. The van der Waals surface area contributed by atoms with Crippen molar-refractivity contribution in [3.05, 3.63) is 59.0 Å². The molecule has 25 heavy (non-hydrogen) atoms. The Morgan fingerprint density at radius 3 is 2.84 bits per heavy atom. The molecule has 5 heteroatoms. The van der Waals surface area contributed by atoms with Gasteiger partial charge in [-0.3, -0.25) is 4.79 Å². The fourth-order valence-corrected chi connectivity index (χ4v) is 3.56. The fraction of sp³-hybridized carbons (Fsp3) is 0.250. The summed E-state index contributed by atoms with van der Waals surface area (Å²) in [6.45, 7) is 3.51. The second-order valence-corrected chi connectivity index (χ2v) is 7.19. The van der Waals surface area contributed by atoms with E-state index in [1.807, 2.05) is 55.9 Å². The molecule has 0 fully saturated rings. The Balaban J connectivity index is 1.72. The first-order chi connectivity index (χ1) is 12.0. The Morgan fingerprint density at radius 1 is 1.20 bits per heavy atom. The lowest BCUT2D eigenvalue weighted by molar-refractivity contribution is 0.102. The van der Waals surface area contributed by atoms with Crippen molar-refractivity contribution in [3.8, 4) is 5.75 Å². The van der Waals surface area contributed by atoms with Gasteiger partial charge in [-0.25, -0.2) is 0 Å². The predicted molar refractivity (Wildman–Crippen MR) is 105 cm³/mol. The summed E-state index contributed by atoms with van der Waals surface area (Å²) in [5.74, 6) is 0.658. The third-order valence-electron chi connectivity index (χ3n) is 3.87. The molecular formula is C20H22N2O2S. The molecule has 1 N–H and O–H groups in total. The van der Waals surface area contributed by atoms with Crippen molar-refractivity contribution in [1.29, 1.82) is 0 Å². The van der Waals surface area contributed by atoms with E-state index < -0.39 is 0 Å². The number of rotatable bonds is 6. The number of hydrogen-bond acceptors (Lipinski definition) is 4. The van der Waals surface area contributed by atoms with Gasteiger partial charge in [-0.2, -0.15) is 0 Å². The first kappa shape index (κ1) is 17.5. The molecule has 0 saturated heterocycles. The summed E-state index contributed by atoms with van der Waals surface area (Å²) < 4.78 is 6.85. The summed E-state index contributed by atoms with van der Waals surface area (Å²) in [5.41, 5.74) is 2.64. The van der Waals surface area contributed by atoms with E-state index in [0.717, 1.165) is 28.1 Å². The van der Waals surface area contributed by atoms with Crippen molar-refractivity contribution in [2.24, 2.45) is 0 Å². The number of ether oxygens (including phenoxy) is 1. The fourth-order valence-electron chi connectivity index (χ4n) is 2.52. The van der Waals surface area contributed by atoms with Crippen LogP contribution in [0.5, 0.6) is 5.75 Å². The smallest absolute Gasteiger partial charge is 0.257 e. The molecule has 3 aromatic rings. The van der Waals surface area contributed by atoms with Gasteiger partial charge >= 0.3 is 0 Å². The molecule has 1 amide bonds. The topological polar surface area (TPSA) is 41.6 Å². The van der Waals surface area contributed by atoms with E-state index in [-0.39, 0.29) is 5.91 Å². The van der Waals surface area contributed by atoms with Crippen molar-refractivity contribution in [3.63, 3.8) is 0 Å². The van der Waals surface area contributed by atoms with Crippen molar-refractivity contribution < 1.29 is 9.53 Å². The highest BCUT2D eigenvalue weighted by Gasteiger charge is 2.12.